The molecule has 0 aliphatic heterocycles. The number of fused-ring (bicyclic) bond motifs is 1. The Kier molecular flexibility index (Phi) is 3.38. The van der Waals surface area contributed by atoms with Crippen LogP contribution in [0.25, 0.3) is 22.2 Å². The molecular formula is C14H7Cl2NO2S. The van der Waals surface area contributed by atoms with Crippen LogP contribution in [0.1, 0.15) is 10.4 Å². The molecule has 1 aromatic carbocycles. The second-order valence-corrected chi connectivity index (χ2v) is 5.72. The van der Waals surface area contributed by atoms with Gasteiger partial charge in [-0.2, -0.15) is 11.3 Å². The van der Waals surface area contributed by atoms with E-state index in [-0.39, 0.29) is 5.56 Å². The van der Waals surface area contributed by atoms with E-state index in [9.17, 15) is 9.90 Å². The Bertz CT molecular complexity index is 816. The number of nitrogens with zero attached hydrogens (tertiary/aromatic N) is 1. The van der Waals surface area contributed by atoms with Crippen molar-refractivity contribution in [3.05, 3.63) is 50.6 Å². The van der Waals surface area contributed by atoms with Crippen LogP contribution in [0.15, 0.2) is 35.0 Å². The molecule has 2 aromatic heterocycles. The first kappa shape index (κ1) is 13.4. The van der Waals surface area contributed by atoms with E-state index in [0.717, 1.165) is 5.56 Å². The fourth-order valence-corrected chi connectivity index (χ4v) is 3.10. The largest absolute Gasteiger partial charge is 0.478 e. The van der Waals surface area contributed by atoms with Gasteiger partial charge in [0.2, 0.25) is 0 Å². The van der Waals surface area contributed by atoms with Crippen molar-refractivity contribution in [1.29, 1.82) is 0 Å². The monoisotopic (exact) mass is 323 g/mol. The number of carboxylic acids is 1. The summed E-state index contributed by atoms with van der Waals surface area (Å²) in [6.45, 7) is 0. The number of carbonyl (C=O) groups is 1. The van der Waals surface area contributed by atoms with E-state index in [0.29, 0.717) is 26.6 Å². The zero-order valence-corrected chi connectivity index (χ0v) is 12.3. The Balaban J connectivity index is 2.43. The van der Waals surface area contributed by atoms with Crippen molar-refractivity contribution in [3.63, 3.8) is 0 Å². The Hall–Kier alpha value is -1.62. The topological polar surface area (TPSA) is 50.2 Å². The van der Waals surface area contributed by atoms with Gasteiger partial charge >= 0.3 is 5.97 Å². The van der Waals surface area contributed by atoms with Crippen LogP contribution in [0.3, 0.4) is 0 Å². The average Bonchev–Trinajstić information content (AvgIpc) is 2.96. The number of halogens is 2. The van der Waals surface area contributed by atoms with Crippen molar-refractivity contribution in [2.24, 2.45) is 0 Å². The zero-order chi connectivity index (χ0) is 14.3. The predicted molar refractivity (Wildman–Crippen MR) is 82.0 cm³/mol. The summed E-state index contributed by atoms with van der Waals surface area (Å²) in [6.07, 6.45) is 0. The van der Waals surface area contributed by atoms with Gasteiger partial charge in [0, 0.05) is 16.3 Å². The standard InChI is InChI=1S/C14H7Cl2NO2S/c15-9-1-2-10(16)13-12(9)8(14(18)19)5-11(17-13)7-3-4-20-6-7/h1-6H,(H,18,19). The van der Waals surface area contributed by atoms with Gasteiger partial charge in [-0.25, -0.2) is 9.78 Å². The summed E-state index contributed by atoms with van der Waals surface area (Å²) in [5.74, 6) is -1.06. The number of aromatic carboxylic acids is 1. The van der Waals surface area contributed by atoms with Crippen molar-refractivity contribution in [1.82, 2.24) is 4.98 Å². The quantitative estimate of drug-likeness (QED) is 0.724. The van der Waals surface area contributed by atoms with E-state index >= 15 is 0 Å². The highest BCUT2D eigenvalue weighted by Crippen LogP contribution is 2.34. The van der Waals surface area contributed by atoms with E-state index in [1.54, 1.807) is 12.1 Å². The highest BCUT2D eigenvalue weighted by molar-refractivity contribution is 7.08. The lowest BCUT2D eigenvalue weighted by Crippen LogP contribution is -2.01. The van der Waals surface area contributed by atoms with Gasteiger partial charge in [-0.05, 0) is 29.6 Å². The highest BCUT2D eigenvalue weighted by atomic mass is 35.5. The second-order valence-electron chi connectivity index (χ2n) is 4.13. The van der Waals surface area contributed by atoms with Crippen molar-refractivity contribution >= 4 is 51.4 Å². The fourth-order valence-electron chi connectivity index (χ4n) is 2.00. The maximum absolute atomic E-state index is 11.5. The van der Waals surface area contributed by atoms with E-state index in [4.69, 9.17) is 23.2 Å². The van der Waals surface area contributed by atoms with Gasteiger partial charge in [0.25, 0.3) is 0 Å². The minimum absolute atomic E-state index is 0.101. The minimum Gasteiger partial charge on any atom is -0.478 e. The molecule has 2 heterocycles. The number of hydrogen-bond donors (Lipinski definition) is 1. The number of carboxylic acid groups (broad SMARTS) is 1. The SMILES string of the molecule is O=C(O)c1cc(-c2ccsc2)nc2c(Cl)ccc(Cl)c12. The number of hydrogen-bond acceptors (Lipinski definition) is 3. The summed E-state index contributed by atoms with van der Waals surface area (Å²) in [5, 5.41) is 14.3. The number of rotatable bonds is 2. The first-order valence-corrected chi connectivity index (χ1v) is 7.32. The molecule has 0 fully saturated rings. The van der Waals surface area contributed by atoms with Gasteiger partial charge in [0.15, 0.2) is 0 Å². The lowest BCUT2D eigenvalue weighted by atomic mass is 10.1. The van der Waals surface area contributed by atoms with Crippen LogP contribution in [0.4, 0.5) is 0 Å². The molecule has 3 nitrogen and oxygen atoms in total. The molecule has 0 spiro atoms. The minimum atomic E-state index is -1.06. The van der Waals surface area contributed by atoms with Crippen molar-refractivity contribution in [3.8, 4) is 11.3 Å². The summed E-state index contributed by atoms with van der Waals surface area (Å²) in [6, 6.07) is 6.59. The summed E-state index contributed by atoms with van der Waals surface area (Å²) in [5.41, 5.74) is 1.93. The number of aromatic nitrogens is 1. The van der Waals surface area contributed by atoms with E-state index in [1.807, 2.05) is 16.8 Å². The van der Waals surface area contributed by atoms with Crippen LogP contribution < -0.4 is 0 Å². The molecule has 0 atom stereocenters. The van der Waals surface area contributed by atoms with Crippen LogP contribution >= 0.6 is 34.5 Å². The molecule has 3 rings (SSSR count). The Morgan fingerprint density at radius 2 is 1.95 bits per heavy atom. The molecule has 0 bridgehead atoms. The highest BCUT2D eigenvalue weighted by Gasteiger charge is 2.17. The molecule has 0 aliphatic carbocycles. The third kappa shape index (κ3) is 2.16. The molecule has 0 saturated carbocycles. The smallest absolute Gasteiger partial charge is 0.336 e. The summed E-state index contributed by atoms with van der Waals surface area (Å²) >= 11 is 13.7. The lowest BCUT2D eigenvalue weighted by molar-refractivity contribution is 0.0699. The molecule has 0 radical (unpaired) electrons. The molecular weight excluding hydrogens is 317 g/mol. The maximum Gasteiger partial charge on any atom is 0.336 e. The summed E-state index contributed by atoms with van der Waals surface area (Å²) in [4.78, 5) is 15.9. The number of thiophene rings is 1. The molecule has 20 heavy (non-hydrogen) atoms. The van der Waals surface area contributed by atoms with Crippen LogP contribution in [0.2, 0.25) is 10.0 Å². The first-order valence-electron chi connectivity index (χ1n) is 5.62. The first-order chi connectivity index (χ1) is 9.58. The lowest BCUT2D eigenvalue weighted by Gasteiger charge is -2.08. The fraction of sp³-hybridized carbons (Fsp3) is 0. The third-order valence-electron chi connectivity index (χ3n) is 2.91. The summed E-state index contributed by atoms with van der Waals surface area (Å²) < 4.78 is 0. The number of pyridine rings is 1. The van der Waals surface area contributed by atoms with E-state index in [1.165, 1.54) is 17.4 Å². The zero-order valence-electron chi connectivity index (χ0n) is 9.93. The maximum atomic E-state index is 11.5. The van der Waals surface area contributed by atoms with Crippen LogP contribution in [-0.4, -0.2) is 16.1 Å². The Labute approximate surface area is 128 Å². The van der Waals surface area contributed by atoms with Crippen molar-refractivity contribution in [2.75, 3.05) is 0 Å². The van der Waals surface area contributed by atoms with E-state index in [2.05, 4.69) is 4.98 Å². The molecule has 0 aliphatic rings. The average molecular weight is 324 g/mol. The second kappa shape index (κ2) is 5.05. The molecule has 0 unspecified atom stereocenters. The van der Waals surface area contributed by atoms with Crippen LogP contribution in [0, 0.1) is 0 Å². The molecule has 1 N–H and O–H groups in total. The van der Waals surface area contributed by atoms with Crippen molar-refractivity contribution in [2.45, 2.75) is 0 Å². The van der Waals surface area contributed by atoms with Gasteiger partial charge in [0.05, 0.1) is 26.8 Å². The van der Waals surface area contributed by atoms with Crippen LogP contribution in [-0.2, 0) is 0 Å². The van der Waals surface area contributed by atoms with Crippen molar-refractivity contribution < 1.29 is 9.90 Å². The molecule has 0 saturated heterocycles. The van der Waals surface area contributed by atoms with Gasteiger partial charge < -0.3 is 5.11 Å². The van der Waals surface area contributed by atoms with Gasteiger partial charge in [-0.15, -0.1) is 0 Å². The van der Waals surface area contributed by atoms with Gasteiger partial charge in [0.1, 0.15) is 0 Å². The molecule has 0 amide bonds. The van der Waals surface area contributed by atoms with Gasteiger partial charge in [-0.1, -0.05) is 23.2 Å². The molecule has 6 heteroatoms. The van der Waals surface area contributed by atoms with Gasteiger partial charge in [-0.3, -0.25) is 0 Å². The normalized spacial score (nSPS) is 10.9. The Morgan fingerprint density at radius 3 is 2.60 bits per heavy atom. The predicted octanol–water partition coefficient (Wildman–Crippen LogP) is 4.97. The molecule has 3 aromatic rings. The third-order valence-corrected chi connectivity index (χ3v) is 4.21. The summed E-state index contributed by atoms with van der Waals surface area (Å²) in [7, 11) is 0. The molecule has 100 valence electrons. The Morgan fingerprint density at radius 1 is 1.20 bits per heavy atom. The van der Waals surface area contributed by atoms with Crippen LogP contribution in [0.5, 0.6) is 0 Å². The van der Waals surface area contributed by atoms with E-state index < -0.39 is 5.97 Å². The number of benzene rings is 1.